The maximum Gasteiger partial charge on any atom is 0.233 e. The van der Waals surface area contributed by atoms with Crippen LogP contribution in [0.3, 0.4) is 0 Å². The Kier molecular flexibility index (Phi) is 3.82. The third-order valence-corrected chi connectivity index (χ3v) is 1.97. The Balaban J connectivity index is 0.000000181. The van der Waals surface area contributed by atoms with Crippen molar-refractivity contribution in [2.45, 2.75) is 0 Å². The second-order valence-corrected chi connectivity index (χ2v) is 3.39. The van der Waals surface area contributed by atoms with Crippen molar-refractivity contribution in [1.29, 1.82) is 0 Å². The molecule has 7 heteroatoms. The highest BCUT2D eigenvalue weighted by atomic mass is 35.5. The fourth-order valence-electron chi connectivity index (χ4n) is 1.07. The topological polar surface area (TPSA) is 72.3 Å². The summed E-state index contributed by atoms with van der Waals surface area (Å²) in [6.45, 7) is 0. The number of halogens is 1. The van der Waals surface area contributed by atoms with Gasteiger partial charge in [0.05, 0.1) is 23.6 Å². The molecule has 0 amide bonds. The van der Waals surface area contributed by atoms with E-state index in [0.717, 1.165) is 0 Å². The van der Waals surface area contributed by atoms with Crippen LogP contribution in [-0.2, 0) is 0 Å². The molecule has 0 spiro atoms. The van der Waals surface area contributed by atoms with E-state index in [-0.39, 0.29) is 0 Å². The average Bonchev–Trinajstić information content (AvgIpc) is 3.06. The van der Waals surface area contributed by atoms with Crippen LogP contribution >= 0.6 is 11.6 Å². The van der Waals surface area contributed by atoms with Gasteiger partial charge >= 0.3 is 0 Å². The average molecular weight is 249 g/mol. The van der Waals surface area contributed by atoms with E-state index < -0.39 is 0 Å². The van der Waals surface area contributed by atoms with Crippen molar-refractivity contribution in [3.05, 3.63) is 54.3 Å². The van der Waals surface area contributed by atoms with Gasteiger partial charge in [0.1, 0.15) is 0 Å². The largest absolute Gasteiger partial charge is 0.293 e. The Bertz CT molecular complexity index is 499. The first-order valence-electron chi connectivity index (χ1n) is 4.77. The normalized spacial score (nSPS) is 9.47. The van der Waals surface area contributed by atoms with Crippen LogP contribution in [0.1, 0.15) is 0 Å². The molecule has 3 aromatic rings. The van der Waals surface area contributed by atoms with Gasteiger partial charge in [-0.15, -0.1) is 5.10 Å². The van der Waals surface area contributed by atoms with Crippen molar-refractivity contribution in [2.75, 3.05) is 0 Å². The highest BCUT2D eigenvalue weighted by Gasteiger charge is 1.95. The van der Waals surface area contributed by atoms with Gasteiger partial charge in [-0.1, -0.05) is 16.8 Å². The molecule has 86 valence electrons. The first-order valence-corrected chi connectivity index (χ1v) is 5.15. The summed E-state index contributed by atoms with van der Waals surface area (Å²) in [7, 11) is 0. The van der Waals surface area contributed by atoms with Gasteiger partial charge in [0.2, 0.25) is 5.95 Å². The Hall–Kier alpha value is -2.21. The van der Waals surface area contributed by atoms with Crippen LogP contribution in [-0.4, -0.2) is 29.9 Å². The number of H-pyrrole nitrogens is 1. The lowest BCUT2D eigenvalue weighted by Crippen LogP contribution is -1.96. The van der Waals surface area contributed by atoms with E-state index in [9.17, 15) is 0 Å². The number of nitrogens with one attached hydrogen (secondary N) is 1. The molecule has 1 N–H and O–H groups in total. The van der Waals surface area contributed by atoms with E-state index in [1.807, 2.05) is 29.1 Å². The maximum absolute atomic E-state index is 5.64. The number of hydrogen-bond acceptors (Lipinski definition) is 4. The first kappa shape index (κ1) is 11.3. The van der Waals surface area contributed by atoms with Crippen molar-refractivity contribution >= 4 is 11.6 Å². The minimum atomic E-state index is 0.547. The van der Waals surface area contributed by atoms with Crippen molar-refractivity contribution in [1.82, 2.24) is 29.9 Å². The van der Waals surface area contributed by atoms with Gasteiger partial charge in [-0.25, -0.2) is 9.97 Å². The summed E-state index contributed by atoms with van der Waals surface area (Å²) in [5, 5.41) is 9.81. The predicted molar refractivity (Wildman–Crippen MR) is 62.8 cm³/mol. The van der Waals surface area contributed by atoms with Crippen LogP contribution in [0, 0.1) is 0 Å². The van der Waals surface area contributed by atoms with Gasteiger partial charge < -0.3 is 0 Å². The summed E-state index contributed by atoms with van der Waals surface area (Å²) >= 11 is 5.64. The summed E-state index contributed by atoms with van der Waals surface area (Å²) in [5.41, 5.74) is 0. The smallest absolute Gasteiger partial charge is 0.233 e. The monoisotopic (exact) mass is 248 g/mol. The number of aromatic amines is 1. The van der Waals surface area contributed by atoms with Crippen LogP contribution in [0.2, 0.25) is 5.02 Å². The molecule has 0 aliphatic heterocycles. The molecule has 0 aliphatic rings. The van der Waals surface area contributed by atoms with Crippen LogP contribution in [0.4, 0.5) is 0 Å². The summed E-state index contributed by atoms with van der Waals surface area (Å²) in [5.74, 6) is 0.629. The molecule has 6 nitrogen and oxygen atoms in total. The SMILES string of the molecule is Clc1cnc(-n2cccc2)nc1.c1c[nH]nn1. The molecule has 0 unspecified atom stereocenters. The molecule has 0 aliphatic carbocycles. The molecule has 0 radical (unpaired) electrons. The lowest BCUT2D eigenvalue weighted by molar-refractivity contribution is 0.935. The predicted octanol–water partition coefficient (Wildman–Crippen LogP) is 1.73. The fourth-order valence-corrected chi connectivity index (χ4v) is 1.17. The Morgan fingerprint density at radius 3 is 2.29 bits per heavy atom. The van der Waals surface area contributed by atoms with Crippen LogP contribution in [0.15, 0.2) is 49.3 Å². The zero-order valence-electron chi connectivity index (χ0n) is 8.73. The Morgan fingerprint density at radius 2 is 1.82 bits per heavy atom. The van der Waals surface area contributed by atoms with Crippen molar-refractivity contribution in [3.63, 3.8) is 0 Å². The maximum atomic E-state index is 5.64. The lowest BCUT2D eigenvalue weighted by Gasteiger charge is -1.98. The quantitative estimate of drug-likeness (QED) is 0.712. The third kappa shape index (κ3) is 3.39. The summed E-state index contributed by atoms with van der Waals surface area (Å²) in [6.07, 6.45) is 10.1. The van der Waals surface area contributed by atoms with Gasteiger partial charge in [0.25, 0.3) is 0 Å². The number of nitrogens with zero attached hydrogens (tertiary/aromatic N) is 5. The molecule has 0 saturated carbocycles. The fraction of sp³-hybridized carbons (Fsp3) is 0. The zero-order valence-corrected chi connectivity index (χ0v) is 9.49. The van der Waals surface area contributed by atoms with Crippen LogP contribution in [0.25, 0.3) is 5.95 Å². The van der Waals surface area contributed by atoms with Gasteiger partial charge in [-0.2, -0.15) is 0 Å². The molecule has 0 bridgehead atoms. The van der Waals surface area contributed by atoms with Gasteiger partial charge in [0.15, 0.2) is 0 Å². The molecule has 0 aromatic carbocycles. The standard InChI is InChI=1S/C8H6ClN3.C2H3N3/c9-7-5-10-8(11-6-7)12-3-1-2-4-12;1-2-4-5-3-1/h1-6H;1-2H,(H,3,4,5). The summed E-state index contributed by atoms with van der Waals surface area (Å²) < 4.78 is 1.82. The number of rotatable bonds is 1. The number of aromatic nitrogens is 6. The second kappa shape index (κ2) is 5.76. The highest BCUT2D eigenvalue weighted by Crippen LogP contribution is 2.05. The molecule has 3 heterocycles. The second-order valence-electron chi connectivity index (χ2n) is 2.95. The van der Waals surface area contributed by atoms with Gasteiger partial charge in [-0.05, 0) is 12.1 Å². The molecule has 0 atom stereocenters. The van der Waals surface area contributed by atoms with E-state index in [1.54, 1.807) is 24.8 Å². The van der Waals surface area contributed by atoms with Crippen molar-refractivity contribution in [2.24, 2.45) is 0 Å². The third-order valence-electron chi connectivity index (χ3n) is 1.77. The van der Waals surface area contributed by atoms with E-state index in [2.05, 4.69) is 25.4 Å². The van der Waals surface area contributed by atoms with E-state index in [4.69, 9.17) is 11.6 Å². The summed E-state index contributed by atoms with van der Waals surface area (Å²) in [4.78, 5) is 8.08. The van der Waals surface area contributed by atoms with Crippen LogP contribution < -0.4 is 0 Å². The van der Waals surface area contributed by atoms with E-state index in [1.165, 1.54) is 0 Å². The highest BCUT2D eigenvalue weighted by molar-refractivity contribution is 6.30. The minimum Gasteiger partial charge on any atom is -0.293 e. The molecule has 3 rings (SSSR count). The first-order chi connectivity index (χ1) is 8.36. The van der Waals surface area contributed by atoms with E-state index >= 15 is 0 Å². The molecule has 3 aromatic heterocycles. The molecule has 0 saturated heterocycles. The van der Waals surface area contributed by atoms with E-state index in [0.29, 0.717) is 11.0 Å². The molecule has 17 heavy (non-hydrogen) atoms. The zero-order chi connectivity index (χ0) is 11.9. The van der Waals surface area contributed by atoms with Gasteiger partial charge in [0, 0.05) is 18.6 Å². The van der Waals surface area contributed by atoms with Gasteiger partial charge in [-0.3, -0.25) is 9.67 Å². The van der Waals surface area contributed by atoms with Crippen molar-refractivity contribution < 1.29 is 0 Å². The Morgan fingerprint density at radius 1 is 1.12 bits per heavy atom. The Labute approximate surface area is 102 Å². The van der Waals surface area contributed by atoms with Crippen LogP contribution in [0.5, 0.6) is 0 Å². The molecular formula is C10H9ClN6. The molecule has 0 fully saturated rings. The summed E-state index contributed by atoms with van der Waals surface area (Å²) in [6, 6.07) is 3.83. The molecular weight excluding hydrogens is 240 g/mol. The number of hydrogen-bond donors (Lipinski definition) is 1. The lowest BCUT2D eigenvalue weighted by atomic mass is 10.6. The minimum absolute atomic E-state index is 0.547. The van der Waals surface area contributed by atoms with Crippen molar-refractivity contribution in [3.8, 4) is 5.95 Å².